The topological polar surface area (TPSA) is 87.7 Å². The standard InChI is InChI=1S/C17H26N2O4.ClH/c1-4-6-15(17(21)22)19-13(3)16(20)18-9-10-23-14-8-5-7-12(2)11-14;/h5,7-8,11,13,15,19H,4,6,9-10H2,1-3H3,(H,18,20)(H,21,22);1H. The third kappa shape index (κ3) is 8.17. The van der Waals surface area contributed by atoms with E-state index in [-0.39, 0.29) is 18.3 Å². The Bertz CT molecular complexity index is 525. The number of carbonyl (C=O) groups is 2. The van der Waals surface area contributed by atoms with Gasteiger partial charge in [0.25, 0.3) is 0 Å². The van der Waals surface area contributed by atoms with Gasteiger partial charge in [0.05, 0.1) is 12.6 Å². The van der Waals surface area contributed by atoms with Crippen LogP contribution in [-0.4, -0.2) is 42.2 Å². The number of amides is 1. The van der Waals surface area contributed by atoms with Crippen molar-refractivity contribution in [3.05, 3.63) is 29.8 Å². The predicted molar refractivity (Wildman–Crippen MR) is 95.9 cm³/mol. The smallest absolute Gasteiger partial charge is 0.320 e. The van der Waals surface area contributed by atoms with Gasteiger partial charge >= 0.3 is 5.97 Å². The Morgan fingerprint density at radius 2 is 2.04 bits per heavy atom. The lowest BCUT2D eigenvalue weighted by atomic mass is 10.1. The number of carbonyl (C=O) groups excluding carboxylic acids is 1. The van der Waals surface area contributed by atoms with Crippen LogP contribution in [0.4, 0.5) is 0 Å². The van der Waals surface area contributed by atoms with Crippen LogP contribution in [0.2, 0.25) is 0 Å². The number of ether oxygens (including phenoxy) is 1. The highest BCUT2D eigenvalue weighted by Gasteiger charge is 2.21. The molecular formula is C17H27ClN2O4. The molecule has 0 heterocycles. The van der Waals surface area contributed by atoms with E-state index in [9.17, 15) is 9.59 Å². The van der Waals surface area contributed by atoms with Crippen LogP contribution in [-0.2, 0) is 9.59 Å². The number of hydrogen-bond donors (Lipinski definition) is 3. The highest BCUT2D eigenvalue weighted by atomic mass is 35.5. The maximum atomic E-state index is 11.9. The van der Waals surface area contributed by atoms with Crippen molar-refractivity contribution in [3.8, 4) is 5.75 Å². The number of carboxylic acid groups (broad SMARTS) is 1. The quantitative estimate of drug-likeness (QED) is 0.558. The van der Waals surface area contributed by atoms with Crippen molar-refractivity contribution in [1.29, 1.82) is 0 Å². The van der Waals surface area contributed by atoms with Crippen molar-refractivity contribution < 1.29 is 19.4 Å². The van der Waals surface area contributed by atoms with Gasteiger partial charge in [-0.15, -0.1) is 12.4 Å². The van der Waals surface area contributed by atoms with Crippen molar-refractivity contribution in [1.82, 2.24) is 10.6 Å². The Kier molecular flexibility index (Phi) is 10.8. The molecule has 24 heavy (non-hydrogen) atoms. The number of hydrogen-bond acceptors (Lipinski definition) is 4. The van der Waals surface area contributed by atoms with Crippen molar-refractivity contribution in [3.63, 3.8) is 0 Å². The van der Waals surface area contributed by atoms with Crippen LogP contribution in [0.5, 0.6) is 5.75 Å². The number of aryl methyl sites for hydroxylation is 1. The molecule has 0 bridgehead atoms. The van der Waals surface area contributed by atoms with Gasteiger partial charge in [-0.2, -0.15) is 0 Å². The largest absolute Gasteiger partial charge is 0.492 e. The summed E-state index contributed by atoms with van der Waals surface area (Å²) in [6.45, 7) is 6.27. The Labute approximate surface area is 149 Å². The molecule has 1 amide bonds. The highest BCUT2D eigenvalue weighted by Crippen LogP contribution is 2.11. The van der Waals surface area contributed by atoms with E-state index in [1.165, 1.54) is 0 Å². The molecule has 3 N–H and O–H groups in total. The van der Waals surface area contributed by atoms with Crippen LogP contribution in [0.25, 0.3) is 0 Å². The first kappa shape index (κ1) is 22.2. The van der Waals surface area contributed by atoms with Gasteiger partial charge in [0, 0.05) is 0 Å². The summed E-state index contributed by atoms with van der Waals surface area (Å²) in [5.74, 6) is -0.409. The monoisotopic (exact) mass is 358 g/mol. The molecule has 0 aliphatic carbocycles. The molecule has 136 valence electrons. The summed E-state index contributed by atoms with van der Waals surface area (Å²) < 4.78 is 5.55. The summed E-state index contributed by atoms with van der Waals surface area (Å²) >= 11 is 0. The maximum Gasteiger partial charge on any atom is 0.320 e. The number of carboxylic acids is 1. The fourth-order valence-corrected chi connectivity index (χ4v) is 2.15. The van der Waals surface area contributed by atoms with E-state index in [0.29, 0.717) is 19.6 Å². The summed E-state index contributed by atoms with van der Waals surface area (Å²) in [6.07, 6.45) is 1.23. The van der Waals surface area contributed by atoms with E-state index in [4.69, 9.17) is 9.84 Å². The van der Waals surface area contributed by atoms with Gasteiger partial charge in [-0.25, -0.2) is 0 Å². The van der Waals surface area contributed by atoms with Crippen LogP contribution in [0.15, 0.2) is 24.3 Å². The second kappa shape index (κ2) is 11.7. The van der Waals surface area contributed by atoms with E-state index < -0.39 is 18.1 Å². The molecule has 2 unspecified atom stereocenters. The van der Waals surface area contributed by atoms with Gasteiger partial charge < -0.3 is 15.2 Å². The summed E-state index contributed by atoms with van der Waals surface area (Å²) in [7, 11) is 0. The lowest BCUT2D eigenvalue weighted by Crippen LogP contribution is -2.49. The maximum absolute atomic E-state index is 11.9. The first-order valence-electron chi connectivity index (χ1n) is 7.90. The zero-order valence-electron chi connectivity index (χ0n) is 14.4. The molecule has 1 rings (SSSR count). The Hall–Kier alpha value is -1.79. The SMILES string of the molecule is CCCC(NC(C)C(=O)NCCOc1cccc(C)c1)C(=O)O.Cl. The molecular weight excluding hydrogens is 332 g/mol. The Morgan fingerprint density at radius 1 is 1.33 bits per heavy atom. The molecule has 0 saturated heterocycles. The lowest BCUT2D eigenvalue weighted by Gasteiger charge is -2.19. The van der Waals surface area contributed by atoms with Gasteiger partial charge in [-0.3, -0.25) is 14.9 Å². The second-order valence-corrected chi connectivity index (χ2v) is 5.52. The molecule has 1 aromatic rings. The van der Waals surface area contributed by atoms with E-state index in [0.717, 1.165) is 17.7 Å². The molecule has 0 radical (unpaired) electrons. The minimum absolute atomic E-state index is 0. The zero-order valence-corrected chi connectivity index (χ0v) is 15.2. The van der Waals surface area contributed by atoms with E-state index in [1.807, 2.05) is 38.1 Å². The highest BCUT2D eigenvalue weighted by molar-refractivity contribution is 5.85. The first-order chi connectivity index (χ1) is 10.9. The molecule has 1 aromatic carbocycles. The van der Waals surface area contributed by atoms with Crippen molar-refractivity contribution in [2.75, 3.05) is 13.2 Å². The fraction of sp³-hybridized carbons (Fsp3) is 0.529. The molecule has 0 spiro atoms. The minimum atomic E-state index is -0.936. The van der Waals surface area contributed by atoms with Crippen LogP contribution < -0.4 is 15.4 Å². The van der Waals surface area contributed by atoms with E-state index >= 15 is 0 Å². The second-order valence-electron chi connectivity index (χ2n) is 5.52. The molecule has 6 nitrogen and oxygen atoms in total. The average Bonchev–Trinajstić information content (AvgIpc) is 2.50. The molecule has 0 aliphatic heterocycles. The molecule has 7 heteroatoms. The van der Waals surface area contributed by atoms with Crippen molar-refractivity contribution in [2.45, 2.75) is 45.7 Å². The zero-order chi connectivity index (χ0) is 17.2. The summed E-state index contributed by atoms with van der Waals surface area (Å²) in [5.41, 5.74) is 1.11. The minimum Gasteiger partial charge on any atom is -0.492 e. The summed E-state index contributed by atoms with van der Waals surface area (Å²) in [4.78, 5) is 23.0. The van der Waals surface area contributed by atoms with Gasteiger partial charge in [0.2, 0.25) is 5.91 Å². The van der Waals surface area contributed by atoms with Crippen LogP contribution in [0.1, 0.15) is 32.3 Å². The molecule has 0 saturated carbocycles. The third-order valence-corrected chi connectivity index (χ3v) is 3.38. The molecule has 0 aromatic heterocycles. The number of aliphatic carboxylic acids is 1. The Balaban J connectivity index is 0.00000529. The van der Waals surface area contributed by atoms with E-state index in [1.54, 1.807) is 6.92 Å². The van der Waals surface area contributed by atoms with Gasteiger partial charge in [-0.05, 0) is 38.0 Å². The number of rotatable bonds is 10. The van der Waals surface area contributed by atoms with Crippen molar-refractivity contribution >= 4 is 24.3 Å². The number of nitrogens with one attached hydrogen (secondary N) is 2. The van der Waals surface area contributed by atoms with Gasteiger partial charge in [-0.1, -0.05) is 25.5 Å². The van der Waals surface area contributed by atoms with Crippen LogP contribution >= 0.6 is 12.4 Å². The van der Waals surface area contributed by atoms with Crippen LogP contribution in [0, 0.1) is 6.92 Å². The average molecular weight is 359 g/mol. The number of halogens is 1. The third-order valence-electron chi connectivity index (χ3n) is 3.38. The molecule has 0 fully saturated rings. The molecule has 0 aliphatic rings. The van der Waals surface area contributed by atoms with Crippen molar-refractivity contribution in [2.24, 2.45) is 0 Å². The van der Waals surface area contributed by atoms with Crippen LogP contribution in [0.3, 0.4) is 0 Å². The summed E-state index contributed by atoms with van der Waals surface area (Å²) in [5, 5.41) is 14.6. The van der Waals surface area contributed by atoms with Gasteiger partial charge in [0.15, 0.2) is 0 Å². The lowest BCUT2D eigenvalue weighted by molar-refractivity contribution is -0.140. The first-order valence-corrected chi connectivity index (χ1v) is 7.90. The van der Waals surface area contributed by atoms with Gasteiger partial charge in [0.1, 0.15) is 18.4 Å². The normalized spacial score (nSPS) is 12.6. The molecule has 2 atom stereocenters. The van der Waals surface area contributed by atoms with E-state index in [2.05, 4.69) is 10.6 Å². The summed E-state index contributed by atoms with van der Waals surface area (Å²) in [6, 6.07) is 6.41. The number of benzene rings is 1. The predicted octanol–water partition coefficient (Wildman–Crippen LogP) is 2.14. The Morgan fingerprint density at radius 3 is 2.62 bits per heavy atom. The fourth-order valence-electron chi connectivity index (χ4n) is 2.15.